The largest absolute Gasteiger partial charge is 0.494 e. The van der Waals surface area contributed by atoms with E-state index in [1.54, 1.807) is 12.1 Å². The lowest BCUT2D eigenvalue weighted by Gasteiger charge is -2.25. The first-order chi connectivity index (χ1) is 15.1. The van der Waals surface area contributed by atoms with Gasteiger partial charge in [0.15, 0.2) is 5.75 Å². The quantitative estimate of drug-likeness (QED) is 0.130. The van der Waals surface area contributed by atoms with Crippen molar-refractivity contribution in [2.75, 3.05) is 25.7 Å². The van der Waals surface area contributed by atoms with Crippen molar-refractivity contribution in [3.8, 4) is 11.5 Å². The van der Waals surface area contributed by atoms with Crippen LogP contribution in [-0.4, -0.2) is 42.7 Å². The molecule has 0 radical (unpaired) electrons. The first kappa shape index (κ1) is 25.3. The Morgan fingerprint density at radius 2 is 1.58 bits per heavy atom. The van der Waals surface area contributed by atoms with E-state index in [0.717, 1.165) is 44.3 Å². The highest BCUT2D eigenvalue weighted by molar-refractivity contribution is 6.18. The fraction of sp³-hybridized carbons (Fsp3) is 0.652. The summed E-state index contributed by atoms with van der Waals surface area (Å²) in [4.78, 5) is 32.8. The topological polar surface area (TPSA) is 91.3 Å². The summed E-state index contributed by atoms with van der Waals surface area (Å²) in [5.74, 6) is 0.877. The number of rotatable bonds is 15. The number of carbonyl (C=O) groups excluding carboxylic acids is 1. The molecule has 31 heavy (non-hydrogen) atoms. The number of carbonyl (C=O) groups is 2. The monoisotopic (exact) mass is 456 g/mol. The molecular weight excluding hydrogens is 424 g/mol. The van der Waals surface area contributed by atoms with Crippen molar-refractivity contribution >= 4 is 23.5 Å². The van der Waals surface area contributed by atoms with E-state index < -0.39 is 5.97 Å². The van der Waals surface area contributed by atoms with Crippen LogP contribution in [0.3, 0.4) is 0 Å². The number of benzene rings is 1. The maximum absolute atomic E-state index is 11.2. The number of aliphatic carboxylic acids is 1. The van der Waals surface area contributed by atoms with Crippen LogP contribution in [0.4, 0.5) is 0 Å². The third kappa shape index (κ3) is 10.7. The Bertz CT molecular complexity index is 642. The van der Waals surface area contributed by atoms with Crippen LogP contribution in [0.5, 0.6) is 11.5 Å². The molecule has 7 nitrogen and oxygen atoms in total. The van der Waals surface area contributed by atoms with Gasteiger partial charge in [-0.15, -0.1) is 11.6 Å². The lowest BCUT2D eigenvalue weighted by molar-refractivity contribution is -0.218. The Morgan fingerprint density at radius 1 is 0.935 bits per heavy atom. The number of esters is 1. The molecule has 1 aromatic carbocycles. The highest BCUT2D eigenvalue weighted by atomic mass is 35.5. The molecule has 1 N–H and O–H groups in total. The predicted molar refractivity (Wildman–Crippen MR) is 116 cm³/mol. The molecule has 0 spiro atoms. The van der Waals surface area contributed by atoms with E-state index in [0.29, 0.717) is 50.2 Å². The average Bonchev–Trinajstić information content (AvgIpc) is 2.77. The maximum atomic E-state index is 11.2. The number of halogens is 1. The molecule has 8 heteroatoms. The minimum atomic E-state index is -0.695. The molecule has 1 aromatic rings. The van der Waals surface area contributed by atoms with Crippen molar-refractivity contribution in [3.05, 3.63) is 24.3 Å². The third-order valence-corrected chi connectivity index (χ3v) is 5.54. The molecule has 1 aliphatic carbocycles. The molecule has 0 amide bonds. The van der Waals surface area contributed by atoms with Crippen LogP contribution in [-0.2, 0) is 19.2 Å². The van der Waals surface area contributed by atoms with Crippen LogP contribution >= 0.6 is 11.6 Å². The van der Waals surface area contributed by atoms with Crippen LogP contribution in [0.25, 0.3) is 0 Å². The van der Waals surface area contributed by atoms with Crippen molar-refractivity contribution in [3.63, 3.8) is 0 Å². The van der Waals surface area contributed by atoms with E-state index in [2.05, 4.69) is 0 Å². The summed E-state index contributed by atoms with van der Waals surface area (Å²) in [5.41, 5.74) is 0. The zero-order valence-electron chi connectivity index (χ0n) is 17.9. The highest BCUT2D eigenvalue weighted by Gasteiger charge is 2.26. The highest BCUT2D eigenvalue weighted by Crippen LogP contribution is 2.29. The average molecular weight is 457 g/mol. The Labute approximate surface area is 188 Å². The Balaban J connectivity index is 1.48. The van der Waals surface area contributed by atoms with Gasteiger partial charge >= 0.3 is 11.9 Å². The summed E-state index contributed by atoms with van der Waals surface area (Å²) in [6.07, 6.45) is 7.16. The predicted octanol–water partition coefficient (Wildman–Crippen LogP) is 5.00. The first-order valence-electron chi connectivity index (χ1n) is 11.0. The van der Waals surface area contributed by atoms with Gasteiger partial charge < -0.3 is 19.5 Å². The first-order valence-corrected chi connectivity index (χ1v) is 11.6. The SMILES string of the molecule is O=C(CCCl)OCCCCCCOc1ccc(OOCC2CCC(C(=O)O)CC2)cc1. The van der Waals surface area contributed by atoms with Crippen LogP contribution in [0.15, 0.2) is 24.3 Å². The van der Waals surface area contributed by atoms with Gasteiger partial charge in [0, 0.05) is 5.88 Å². The van der Waals surface area contributed by atoms with E-state index in [1.807, 2.05) is 12.1 Å². The summed E-state index contributed by atoms with van der Waals surface area (Å²) in [7, 11) is 0. The number of unbranched alkanes of at least 4 members (excludes halogenated alkanes) is 3. The molecule has 0 bridgehead atoms. The Kier molecular flexibility index (Phi) is 12.2. The van der Waals surface area contributed by atoms with Crippen LogP contribution < -0.4 is 9.62 Å². The maximum Gasteiger partial charge on any atom is 0.306 e. The minimum absolute atomic E-state index is 0.212. The lowest BCUT2D eigenvalue weighted by Crippen LogP contribution is -2.24. The van der Waals surface area contributed by atoms with Gasteiger partial charge in [0.1, 0.15) is 5.75 Å². The summed E-state index contributed by atoms with van der Waals surface area (Å²) in [6.45, 7) is 1.54. The van der Waals surface area contributed by atoms with Gasteiger partial charge in [-0.05, 0) is 81.5 Å². The van der Waals surface area contributed by atoms with E-state index in [1.165, 1.54) is 0 Å². The van der Waals surface area contributed by atoms with Crippen molar-refractivity contribution in [2.45, 2.75) is 57.8 Å². The smallest absolute Gasteiger partial charge is 0.306 e. The van der Waals surface area contributed by atoms with E-state index in [9.17, 15) is 9.59 Å². The normalized spacial score (nSPS) is 18.4. The molecule has 0 aliphatic heterocycles. The second-order valence-electron chi connectivity index (χ2n) is 7.82. The molecule has 1 aliphatic rings. The Morgan fingerprint density at radius 3 is 2.23 bits per heavy atom. The van der Waals surface area contributed by atoms with Crippen molar-refractivity contribution in [1.82, 2.24) is 0 Å². The minimum Gasteiger partial charge on any atom is -0.494 e. The number of ether oxygens (including phenoxy) is 2. The molecule has 0 atom stereocenters. The summed E-state index contributed by atoms with van der Waals surface area (Å²) >= 11 is 5.47. The number of alkyl halides is 1. The van der Waals surface area contributed by atoms with Crippen LogP contribution in [0, 0.1) is 11.8 Å². The van der Waals surface area contributed by atoms with Gasteiger partial charge in [-0.3, -0.25) is 9.59 Å². The zero-order chi connectivity index (χ0) is 22.3. The molecule has 1 saturated carbocycles. The van der Waals surface area contributed by atoms with Crippen LogP contribution in [0.1, 0.15) is 57.8 Å². The van der Waals surface area contributed by atoms with Crippen molar-refractivity contribution in [1.29, 1.82) is 0 Å². The number of carboxylic acid groups (broad SMARTS) is 1. The summed E-state index contributed by atoms with van der Waals surface area (Å²) in [5, 5.41) is 9.03. The van der Waals surface area contributed by atoms with Gasteiger partial charge in [-0.2, -0.15) is 4.89 Å². The number of hydrogen-bond donors (Lipinski definition) is 1. The molecule has 174 valence electrons. The number of hydrogen-bond acceptors (Lipinski definition) is 6. The summed E-state index contributed by atoms with van der Waals surface area (Å²) < 4.78 is 10.8. The Hall–Kier alpha value is -1.99. The number of carboxylic acids is 1. The van der Waals surface area contributed by atoms with E-state index in [4.69, 9.17) is 36.0 Å². The summed E-state index contributed by atoms with van der Waals surface area (Å²) in [6, 6.07) is 7.28. The van der Waals surface area contributed by atoms with E-state index in [-0.39, 0.29) is 18.3 Å². The van der Waals surface area contributed by atoms with Crippen molar-refractivity contribution < 1.29 is 33.9 Å². The third-order valence-electron chi connectivity index (χ3n) is 5.35. The lowest BCUT2D eigenvalue weighted by atomic mass is 9.82. The molecule has 0 heterocycles. The van der Waals surface area contributed by atoms with Gasteiger partial charge in [-0.25, -0.2) is 0 Å². The molecule has 0 saturated heterocycles. The molecule has 2 rings (SSSR count). The van der Waals surface area contributed by atoms with Crippen LogP contribution in [0.2, 0.25) is 0 Å². The zero-order valence-corrected chi connectivity index (χ0v) is 18.7. The molecular formula is C23H33ClO7. The molecule has 0 aromatic heterocycles. The van der Waals surface area contributed by atoms with Gasteiger partial charge in [-0.1, -0.05) is 0 Å². The second-order valence-corrected chi connectivity index (χ2v) is 8.20. The second kappa shape index (κ2) is 14.9. The standard InChI is InChI=1S/C23H33ClO7/c24-14-13-22(25)29-16-4-2-1-3-15-28-20-9-11-21(12-10-20)31-30-17-18-5-7-19(8-6-18)23(26)27/h9-12,18-19H,1-8,13-17H2,(H,26,27). The van der Waals surface area contributed by atoms with E-state index >= 15 is 0 Å². The van der Waals surface area contributed by atoms with Gasteiger partial charge in [0.25, 0.3) is 0 Å². The fourth-order valence-corrected chi connectivity index (χ4v) is 3.60. The molecule has 1 fully saturated rings. The molecule has 0 unspecified atom stereocenters. The van der Waals surface area contributed by atoms with Crippen molar-refractivity contribution in [2.24, 2.45) is 11.8 Å². The van der Waals surface area contributed by atoms with Gasteiger partial charge in [0.05, 0.1) is 32.2 Å². The van der Waals surface area contributed by atoms with Gasteiger partial charge in [0.2, 0.25) is 0 Å². The fourth-order valence-electron chi connectivity index (χ4n) is 3.45.